The number of hydrogen-bond acceptors (Lipinski definition) is 2. The van der Waals surface area contributed by atoms with Crippen LogP contribution in [0.3, 0.4) is 0 Å². The normalized spacial score (nSPS) is 53.8. The lowest BCUT2D eigenvalue weighted by atomic mass is 9.47. The Hall–Kier alpha value is -0.0151. The minimum Gasteiger partial charge on any atom is -0.408 e. The van der Waals surface area contributed by atoms with Crippen LogP contribution in [0.1, 0.15) is 26.7 Å². The molecular weight excluding hydrogens is 151 g/mol. The first-order valence-corrected chi connectivity index (χ1v) is 4.82. The van der Waals surface area contributed by atoms with Gasteiger partial charge in [-0.25, -0.2) is 0 Å². The zero-order valence-electron chi connectivity index (χ0n) is 7.62. The number of rotatable bonds is 0. The first-order valence-electron chi connectivity index (χ1n) is 4.82. The van der Waals surface area contributed by atoms with Crippen LogP contribution in [0.25, 0.3) is 0 Å². The van der Waals surface area contributed by atoms with Gasteiger partial charge >= 0.3 is 7.69 Å². The molecule has 0 aromatic heterocycles. The summed E-state index contributed by atoms with van der Waals surface area (Å²) in [6.07, 6.45) is 3.29. The Kier molecular flexibility index (Phi) is 1.28. The van der Waals surface area contributed by atoms with Crippen molar-refractivity contribution in [3.63, 3.8) is 0 Å². The molecule has 0 spiro atoms. The van der Waals surface area contributed by atoms with Crippen LogP contribution < -0.4 is 0 Å². The van der Waals surface area contributed by atoms with Crippen molar-refractivity contribution < 1.29 is 9.31 Å². The van der Waals surface area contributed by atoms with E-state index in [1.807, 2.05) is 0 Å². The SMILES string of the molecule is CC1(C)[C@H]2C[C@@H]1[C@@H]1O[B]O[C@@H]1C2. The van der Waals surface area contributed by atoms with Crippen LogP contribution in [0.15, 0.2) is 0 Å². The van der Waals surface area contributed by atoms with Gasteiger partial charge in [-0.3, -0.25) is 0 Å². The van der Waals surface area contributed by atoms with E-state index in [-0.39, 0.29) is 0 Å². The Labute approximate surface area is 73.9 Å². The first kappa shape index (κ1) is 7.39. The molecule has 0 aromatic rings. The van der Waals surface area contributed by atoms with E-state index in [1.165, 1.54) is 12.8 Å². The molecule has 1 saturated heterocycles. The summed E-state index contributed by atoms with van der Waals surface area (Å²) in [5, 5.41) is 0. The summed E-state index contributed by atoms with van der Waals surface area (Å²) in [6, 6.07) is 0. The molecule has 4 rings (SSSR count). The van der Waals surface area contributed by atoms with Crippen LogP contribution in [0.5, 0.6) is 0 Å². The highest BCUT2D eigenvalue weighted by atomic mass is 16.6. The van der Waals surface area contributed by atoms with Gasteiger partial charge in [0.25, 0.3) is 0 Å². The van der Waals surface area contributed by atoms with Gasteiger partial charge in [0.2, 0.25) is 0 Å². The van der Waals surface area contributed by atoms with Crippen molar-refractivity contribution in [3.05, 3.63) is 0 Å². The van der Waals surface area contributed by atoms with Gasteiger partial charge in [-0.15, -0.1) is 0 Å². The monoisotopic (exact) mass is 165 g/mol. The number of hydrogen-bond donors (Lipinski definition) is 0. The highest BCUT2D eigenvalue weighted by molar-refractivity contribution is 6.19. The van der Waals surface area contributed by atoms with Gasteiger partial charge in [-0.2, -0.15) is 0 Å². The van der Waals surface area contributed by atoms with E-state index in [9.17, 15) is 0 Å². The van der Waals surface area contributed by atoms with E-state index in [2.05, 4.69) is 13.8 Å². The van der Waals surface area contributed by atoms with Crippen LogP contribution in [0.4, 0.5) is 0 Å². The molecule has 1 heterocycles. The molecule has 4 aliphatic rings. The average molecular weight is 165 g/mol. The van der Waals surface area contributed by atoms with Gasteiger partial charge in [0.1, 0.15) is 0 Å². The third kappa shape index (κ3) is 0.698. The Morgan fingerprint density at radius 2 is 2.08 bits per heavy atom. The Balaban J connectivity index is 1.88. The summed E-state index contributed by atoms with van der Waals surface area (Å²) >= 11 is 0. The van der Waals surface area contributed by atoms with E-state index in [0.29, 0.717) is 17.6 Å². The molecule has 65 valence electrons. The molecule has 3 heteroatoms. The molecule has 2 nitrogen and oxygen atoms in total. The zero-order chi connectivity index (χ0) is 8.34. The Bertz CT molecular complexity index is 217. The molecule has 0 amide bonds. The molecule has 0 N–H and O–H groups in total. The molecule has 2 bridgehead atoms. The fourth-order valence-corrected chi connectivity index (χ4v) is 3.17. The highest BCUT2D eigenvalue weighted by Gasteiger charge is 2.60. The van der Waals surface area contributed by atoms with Crippen LogP contribution in [-0.4, -0.2) is 19.9 Å². The molecule has 12 heavy (non-hydrogen) atoms. The quantitative estimate of drug-likeness (QED) is 0.504. The van der Waals surface area contributed by atoms with E-state index < -0.39 is 0 Å². The van der Waals surface area contributed by atoms with Gasteiger partial charge < -0.3 is 9.31 Å². The highest BCUT2D eigenvalue weighted by Crippen LogP contribution is 2.61. The van der Waals surface area contributed by atoms with Crippen LogP contribution >= 0.6 is 0 Å². The van der Waals surface area contributed by atoms with Crippen LogP contribution in [-0.2, 0) is 9.31 Å². The van der Waals surface area contributed by atoms with Crippen molar-refractivity contribution in [1.29, 1.82) is 0 Å². The molecule has 0 aromatic carbocycles. The summed E-state index contributed by atoms with van der Waals surface area (Å²) in [4.78, 5) is 0. The maximum absolute atomic E-state index is 5.50. The van der Waals surface area contributed by atoms with Crippen molar-refractivity contribution in [2.75, 3.05) is 0 Å². The molecule has 3 saturated carbocycles. The second kappa shape index (κ2) is 2.07. The maximum Gasteiger partial charge on any atom is 0.488 e. The van der Waals surface area contributed by atoms with Crippen molar-refractivity contribution in [1.82, 2.24) is 0 Å². The van der Waals surface area contributed by atoms with E-state index >= 15 is 0 Å². The van der Waals surface area contributed by atoms with E-state index in [4.69, 9.17) is 9.31 Å². The third-order valence-electron chi connectivity index (χ3n) is 4.27. The van der Waals surface area contributed by atoms with Gasteiger partial charge in [0.05, 0.1) is 12.2 Å². The fraction of sp³-hybridized carbons (Fsp3) is 1.00. The van der Waals surface area contributed by atoms with Crippen LogP contribution in [0, 0.1) is 17.3 Å². The molecule has 0 unspecified atom stereocenters. The third-order valence-corrected chi connectivity index (χ3v) is 4.27. The lowest BCUT2D eigenvalue weighted by Crippen LogP contribution is -2.59. The predicted octanol–water partition coefficient (Wildman–Crippen LogP) is 1.37. The minimum atomic E-state index is 0.366. The predicted molar refractivity (Wildman–Crippen MR) is 45.5 cm³/mol. The minimum absolute atomic E-state index is 0.366. The standard InChI is InChI=1S/C9H14BO2/c1-9(2)5-3-6(9)8-7(4-5)11-10-12-8/h5-8H,3-4H2,1-2H3/t5-,6+,7+,8-/m0/s1. The van der Waals surface area contributed by atoms with E-state index in [1.54, 1.807) is 7.69 Å². The van der Waals surface area contributed by atoms with Crippen molar-refractivity contribution in [2.24, 2.45) is 17.3 Å². The zero-order valence-corrected chi connectivity index (χ0v) is 7.62. The summed E-state index contributed by atoms with van der Waals surface area (Å²) in [6.45, 7) is 4.73. The van der Waals surface area contributed by atoms with Crippen molar-refractivity contribution >= 4 is 7.69 Å². The molecule has 1 aliphatic heterocycles. The largest absolute Gasteiger partial charge is 0.488 e. The lowest BCUT2D eigenvalue weighted by Gasteiger charge is -2.60. The molecule has 4 atom stereocenters. The van der Waals surface area contributed by atoms with Crippen LogP contribution in [0.2, 0.25) is 0 Å². The maximum atomic E-state index is 5.50. The molecule has 4 fully saturated rings. The second-order valence-electron chi connectivity index (χ2n) is 4.97. The van der Waals surface area contributed by atoms with Crippen molar-refractivity contribution in [3.8, 4) is 0 Å². The molecule has 3 aliphatic carbocycles. The summed E-state index contributed by atoms with van der Waals surface area (Å²) in [7, 11) is 1.55. The molecular formula is C9H14BO2. The summed E-state index contributed by atoms with van der Waals surface area (Å²) in [5.74, 6) is 1.61. The van der Waals surface area contributed by atoms with Gasteiger partial charge in [0.15, 0.2) is 0 Å². The topological polar surface area (TPSA) is 18.5 Å². The van der Waals surface area contributed by atoms with Gasteiger partial charge in [0, 0.05) is 0 Å². The molecule has 1 radical (unpaired) electrons. The summed E-state index contributed by atoms with van der Waals surface area (Å²) in [5.41, 5.74) is 0.503. The average Bonchev–Trinajstić information content (AvgIpc) is 2.49. The lowest BCUT2D eigenvalue weighted by molar-refractivity contribution is -0.150. The Morgan fingerprint density at radius 1 is 1.25 bits per heavy atom. The Morgan fingerprint density at radius 3 is 2.83 bits per heavy atom. The van der Waals surface area contributed by atoms with Gasteiger partial charge in [-0.1, -0.05) is 13.8 Å². The van der Waals surface area contributed by atoms with E-state index in [0.717, 1.165) is 11.8 Å². The second-order valence-corrected chi connectivity index (χ2v) is 4.97. The fourth-order valence-electron chi connectivity index (χ4n) is 3.17. The first-order chi connectivity index (χ1) is 5.69. The van der Waals surface area contributed by atoms with Crippen molar-refractivity contribution in [2.45, 2.75) is 38.9 Å². The smallest absolute Gasteiger partial charge is 0.408 e. The van der Waals surface area contributed by atoms with Gasteiger partial charge in [-0.05, 0) is 30.1 Å². The summed E-state index contributed by atoms with van der Waals surface area (Å²) < 4.78 is 10.9.